The van der Waals surface area contributed by atoms with Crippen LogP contribution >= 0.6 is 0 Å². The molecule has 0 bridgehead atoms. The molecular formula is C10H14N2O2. The van der Waals surface area contributed by atoms with Crippen molar-refractivity contribution in [3.63, 3.8) is 0 Å². The van der Waals surface area contributed by atoms with Gasteiger partial charge in [-0.15, -0.1) is 0 Å². The fourth-order valence-electron chi connectivity index (χ4n) is 1.49. The van der Waals surface area contributed by atoms with Crippen LogP contribution in [0.2, 0.25) is 0 Å². The van der Waals surface area contributed by atoms with Gasteiger partial charge in [0.1, 0.15) is 6.10 Å². The van der Waals surface area contributed by atoms with Gasteiger partial charge in [-0.1, -0.05) is 0 Å². The molecule has 2 atom stereocenters. The first kappa shape index (κ1) is 9.40. The van der Waals surface area contributed by atoms with E-state index in [1.165, 1.54) is 0 Å². The maximum Gasteiger partial charge on any atom is 0.245 e. The number of nitrogens with zero attached hydrogens (tertiary/aromatic N) is 1. The lowest BCUT2D eigenvalue weighted by Gasteiger charge is -2.25. The standard InChI is InChI=1S/C10H14N2O2/c1-6-4-5-12-8(10(11)13)9(6)14-7-2-3-7/h4-5,7-9H,2-3H2,1H3,(H2,11,13). The average Bonchev–Trinajstić information content (AvgIpc) is 2.91. The van der Waals surface area contributed by atoms with E-state index in [1.54, 1.807) is 6.21 Å². The number of allylic oxidation sites excluding steroid dienone is 1. The summed E-state index contributed by atoms with van der Waals surface area (Å²) in [5.41, 5.74) is 6.28. The monoisotopic (exact) mass is 194 g/mol. The molecule has 2 rings (SSSR count). The van der Waals surface area contributed by atoms with Crippen LogP contribution in [0.25, 0.3) is 0 Å². The van der Waals surface area contributed by atoms with Gasteiger partial charge < -0.3 is 10.5 Å². The van der Waals surface area contributed by atoms with Crippen molar-refractivity contribution in [3.05, 3.63) is 11.6 Å². The molecule has 2 unspecified atom stereocenters. The van der Waals surface area contributed by atoms with Gasteiger partial charge in [-0.3, -0.25) is 9.79 Å². The van der Waals surface area contributed by atoms with Crippen LogP contribution in [0.1, 0.15) is 19.8 Å². The van der Waals surface area contributed by atoms with E-state index in [4.69, 9.17) is 10.5 Å². The van der Waals surface area contributed by atoms with Gasteiger partial charge in [-0.2, -0.15) is 0 Å². The number of amides is 1. The second kappa shape index (κ2) is 3.53. The van der Waals surface area contributed by atoms with Crippen molar-refractivity contribution in [2.75, 3.05) is 0 Å². The van der Waals surface area contributed by atoms with E-state index in [9.17, 15) is 4.79 Å². The van der Waals surface area contributed by atoms with Gasteiger partial charge >= 0.3 is 0 Å². The van der Waals surface area contributed by atoms with Gasteiger partial charge in [0.05, 0.1) is 6.10 Å². The zero-order valence-electron chi connectivity index (χ0n) is 8.14. The Hall–Kier alpha value is -1.16. The molecule has 4 heteroatoms. The number of aliphatic imine (C=N–C) groups is 1. The third-order valence-electron chi connectivity index (χ3n) is 2.47. The van der Waals surface area contributed by atoms with Gasteiger partial charge in [-0.25, -0.2) is 0 Å². The SMILES string of the molecule is CC1=CC=NC(C(N)=O)C1OC1CC1. The van der Waals surface area contributed by atoms with Gasteiger partial charge in [0.25, 0.3) is 0 Å². The summed E-state index contributed by atoms with van der Waals surface area (Å²) in [6, 6.07) is -0.541. The van der Waals surface area contributed by atoms with Gasteiger partial charge in [0.15, 0.2) is 6.04 Å². The highest BCUT2D eigenvalue weighted by Crippen LogP contribution is 2.29. The molecule has 14 heavy (non-hydrogen) atoms. The molecule has 76 valence electrons. The van der Waals surface area contributed by atoms with E-state index < -0.39 is 11.9 Å². The van der Waals surface area contributed by atoms with Crippen LogP contribution in [0, 0.1) is 0 Å². The molecular weight excluding hydrogens is 180 g/mol. The maximum absolute atomic E-state index is 11.1. The molecule has 4 nitrogen and oxygen atoms in total. The first-order valence-corrected chi connectivity index (χ1v) is 4.83. The summed E-state index contributed by atoms with van der Waals surface area (Å²) >= 11 is 0. The molecule has 0 aromatic carbocycles. The lowest BCUT2D eigenvalue weighted by Crippen LogP contribution is -2.41. The molecule has 1 saturated carbocycles. The summed E-state index contributed by atoms with van der Waals surface area (Å²) in [7, 11) is 0. The molecule has 0 spiro atoms. The minimum Gasteiger partial charge on any atom is -0.368 e. The summed E-state index contributed by atoms with van der Waals surface area (Å²) in [6.45, 7) is 1.94. The predicted octanol–water partition coefficient (Wildman–Crippen LogP) is 0.419. The fraction of sp³-hybridized carbons (Fsp3) is 0.600. The quantitative estimate of drug-likeness (QED) is 0.707. The molecule has 1 aliphatic heterocycles. The van der Waals surface area contributed by atoms with Crippen LogP contribution in [0.5, 0.6) is 0 Å². The normalized spacial score (nSPS) is 31.4. The molecule has 0 saturated heterocycles. The zero-order valence-corrected chi connectivity index (χ0v) is 8.14. The van der Waals surface area contributed by atoms with E-state index in [1.807, 2.05) is 13.0 Å². The number of dihydropyridines is 1. The number of hydrogen-bond donors (Lipinski definition) is 1. The summed E-state index contributed by atoms with van der Waals surface area (Å²) < 4.78 is 5.71. The third-order valence-corrected chi connectivity index (χ3v) is 2.47. The average molecular weight is 194 g/mol. The van der Waals surface area contributed by atoms with Crippen molar-refractivity contribution in [3.8, 4) is 0 Å². The van der Waals surface area contributed by atoms with Crippen LogP contribution in [-0.4, -0.2) is 30.4 Å². The van der Waals surface area contributed by atoms with E-state index in [0.29, 0.717) is 6.10 Å². The highest BCUT2D eigenvalue weighted by atomic mass is 16.5. The topological polar surface area (TPSA) is 64.7 Å². The van der Waals surface area contributed by atoms with Crippen molar-refractivity contribution in [1.29, 1.82) is 0 Å². The number of primary amides is 1. The zero-order chi connectivity index (χ0) is 10.1. The van der Waals surface area contributed by atoms with Gasteiger partial charge in [-0.05, 0) is 31.4 Å². The third kappa shape index (κ3) is 1.85. The molecule has 1 heterocycles. The minimum atomic E-state index is -0.541. The maximum atomic E-state index is 11.1. The first-order valence-electron chi connectivity index (χ1n) is 4.83. The molecule has 0 aromatic heterocycles. The van der Waals surface area contributed by atoms with E-state index in [0.717, 1.165) is 18.4 Å². The Bertz CT molecular complexity index is 305. The van der Waals surface area contributed by atoms with Crippen LogP contribution in [0.3, 0.4) is 0 Å². The first-order chi connectivity index (χ1) is 6.68. The van der Waals surface area contributed by atoms with Crippen LogP contribution in [0.15, 0.2) is 16.6 Å². The Labute approximate surface area is 82.8 Å². The van der Waals surface area contributed by atoms with Crippen molar-refractivity contribution in [2.45, 2.75) is 38.0 Å². The number of carbonyl (C=O) groups is 1. The highest BCUT2D eigenvalue weighted by molar-refractivity contribution is 5.86. The minimum absolute atomic E-state index is 0.245. The predicted molar refractivity (Wildman–Crippen MR) is 53.1 cm³/mol. The van der Waals surface area contributed by atoms with Crippen LogP contribution in [-0.2, 0) is 9.53 Å². The van der Waals surface area contributed by atoms with Crippen molar-refractivity contribution >= 4 is 12.1 Å². The van der Waals surface area contributed by atoms with Crippen LogP contribution in [0.4, 0.5) is 0 Å². The van der Waals surface area contributed by atoms with Crippen molar-refractivity contribution in [1.82, 2.24) is 0 Å². The Morgan fingerprint density at radius 2 is 2.36 bits per heavy atom. The molecule has 2 aliphatic rings. The lowest BCUT2D eigenvalue weighted by atomic mass is 10.0. The second-order valence-electron chi connectivity index (χ2n) is 3.81. The number of nitrogens with two attached hydrogens (primary N) is 1. The van der Waals surface area contributed by atoms with E-state index >= 15 is 0 Å². The summed E-state index contributed by atoms with van der Waals surface area (Å²) in [6.07, 6.45) is 5.71. The summed E-state index contributed by atoms with van der Waals surface area (Å²) in [5, 5.41) is 0. The Balaban J connectivity index is 2.10. The largest absolute Gasteiger partial charge is 0.368 e. The number of carbonyl (C=O) groups excluding carboxylic acids is 1. The lowest BCUT2D eigenvalue weighted by molar-refractivity contribution is -0.122. The second-order valence-corrected chi connectivity index (χ2v) is 3.81. The van der Waals surface area contributed by atoms with Crippen molar-refractivity contribution < 1.29 is 9.53 Å². The van der Waals surface area contributed by atoms with E-state index in [-0.39, 0.29) is 6.10 Å². The molecule has 2 N–H and O–H groups in total. The summed E-state index contributed by atoms with van der Waals surface area (Å²) in [5.74, 6) is -0.417. The van der Waals surface area contributed by atoms with Gasteiger partial charge in [0, 0.05) is 6.21 Å². The van der Waals surface area contributed by atoms with E-state index in [2.05, 4.69) is 4.99 Å². The smallest absolute Gasteiger partial charge is 0.245 e. The Morgan fingerprint density at radius 1 is 1.64 bits per heavy atom. The number of hydrogen-bond acceptors (Lipinski definition) is 3. The molecule has 0 radical (unpaired) electrons. The summed E-state index contributed by atoms with van der Waals surface area (Å²) in [4.78, 5) is 15.2. The Kier molecular flexibility index (Phi) is 2.37. The van der Waals surface area contributed by atoms with Gasteiger partial charge in [0.2, 0.25) is 5.91 Å². The number of ether oxygens (including phenoxy) is 1. The highest BCUT2D eigenvalue weighted by Gasteiger charge is 2.35. The fourth-order valence-corrected chi connectivity index (χ4v) is 1.49. The molecule has 1 aliphatic carbocycles. The molecule has 1 fully saturated rings. The van der Waals surface area contributed by atoms with Crippen LogP contribution < -0.4 is 5.73 Å². The number of rotatable bonds is 3. The molecule has 1 amide bonds. The Morgan fingerprint density at radius 3 is 2.93 bits per heavy atom. The van der Waals surface area contributed by atoms with Crippen molar-refractivity contribution in [2.24, 2.45) is 10.7 Å². The molecule has 0 aromatic rings.